The maximum atomic E-state index is 13.8. The molecule has 1 amide bonds. The van der Waals surface area contributed by atoms with Gasteiger partial charge in [0.05, 0.1) is 6.04 Å². The van der Waals surface area contributed by atoms with Gasteiger partial charge in [-0.05, 0) is 6.07 Å². The molecule has 5 nitrogen and oxygen atoms in total. The second-order valence-corrected chi connectivity index (χ2v) is 4.31. The predicted molar refractivity (Wildman–Crippen MR) is 59.2 cm³/mol. The second-order valence-electron chi connectivity index (χ2n) is 4.31. The van der Waals surface area contributed by atoms with E-state index < -0.39 is 53.6 Å². The number of nitrogens with zero attached hydrogens (tertiary/aromatic N) is 1. The lowest BCUT2D eigenvalue weighted by molar-refractivity contribution is -0.171. The summed E-state index contributed by atoms with van der Waals surface area (Å²) >= 11 is 0. The van der Waals surface area contributed by atoms with Crippen LogP contribution in [0.5, 0.6) is 0 Å². The third kappa shape index (κ3) is 2.34. The highest BCUT2D eigenvalue weighted by molar-refractivity contribution is 5.82. The summed E-state index contributed by atoms with van der Waals surface area (Å²) in [6.45, 7) is -0.477. The first-order valence-electron chi connectivity index (χ1n) is 5.57. The summed E-state index contributed by atoms with van der Waals surface area (Å²) in [6.07, 6.45) is -1.56. The number of morpholine rings is 1. The van der Waals surface area contributed by atoms with Gasteiger partial charge in [-0.2, -0.15) is 0 Å². The average molecular weight is 289 g/mol. The van der Waals surface area contributed by atoms with Crippen molar-refractivity contribution in [3.05, 3.63) is 35.1 Å². The summed E-state index contributed by atoms with van der Waals surface area (Å²) in [5, 5.41) is 9.04. The van der Waals surface area contributed by atoms with Gasteiger partial charge in [0.15, 0.2) is 17.7 Å². The summed E-state index contributed by atoms with van der Waals surface area (Å²) in [5.41, 5.74) is -0.452. The molecule has 1 aromatic rings. The smallest absolute Gasteiger partial charge is 0.335 e. The molecule has 0 saturated carbocycles. The third-order valence-corrected chi connectivity index (χ3v) is 3.09. The highest BCUT2D eigenvalue weighted by atomic mass is 19.2. The Morgan fingerprint density at radius 2 is 1.90 bits per heavy atom. The van der Waals surface area contributed by atoms with Gasteiger partial charge in [0.25, 0.3) is 0 Å². The van der Waals surface area contributed by atoms with Crippen molar-refractivity contribution in [1.82, 2.24) is 4.90 Å². The summed E-state index contributed by atoms with van der Waals surface area (Å²) in [4.78, 5) is 23.6. The van der Waals surface area contributed by atoms with E-state index in [-0.39, 0.29) is 0 Å². The van der Waals surface area contributed by atoms with E-state index in [2.05, 4.69) is 0 Å². The number of hydrogen-bond donors (Lipinski definition) is 1. The number of likely N-dealkylation sites (N-methyl/N-ethyl adjacent to an activating group) is 1. The third-order valence-electron chi connectivity index (χ3n) is 3.09. The second kappa shape index (κ2) is 5.12. The Hall–Kier alpha value is -2.09. The van der Waals surface area contributed by atoms with Crippen LogP contribution >= 0.6 is 0 Å². The van der Waals surface area contributed by atoms with Crippen LogP contribution in [0.3, 0.4) is 0 Å². The number of amides is 1. The molecule has 2 rings (SSSR count). The van der Waals surface area contributed by atoms with Crippen molar-refractivity contribution in [2.75, 3.05) is 13.7 Å². The molecule has 1 aromatic carbocycles. The molecule has 2 atom stereocenters. The van der Waals surface area contributed by atoms with Crippen LogP contribution < -0.4 is 0 Å². The minimum Gasteiger partial charge on any atom is -0.479 e. The fraction of sp³-hybridized carbons (Fsp3) is 0.333. The minimum absolute atomic E-state index is 0.302. The van der Waals surface area contributed by atoms with E-state index in [0.717, 1.165) is 4.90 Å². The molecule has 1 heterocycles. The maximum Gasteiger partial charge on any atom is 0.335 e. The summed E-state index contributed by atoms with van der Waals surface area (Å²) in [6, 6.07) is -0.538. The van der Waals surface area contributed by atoms with Crippen molar-refractivity contribution in [2.45, 2.75) is 12.1 Å². The number of benzene rings is 1. The van der Waals surface area contributed by atoms with Crippen LogP contribution in [0, 0.1) is 17.5 Å². The van der Waals surface area contributed by atoms with Gasteiger partial charge in [-0.1, -0.05) is 0 Å². The standard InChI is InChI=1S/C12H10F3NO4/c1-16-9(17)4-20-11(12(18)19)10(16)5-2-7(14)8(15)3-6(5)13/h2-3,10-11H,4H2,1H3,(H,18,19). The van der Waals surface area contributed by atoms with Gasteiger partial charge >= 0.3 is 5.97 Å². The zero-order chi connectivity index (χ0) is 15.0. The fourth-order valence-electron chi connectivity index (χ4n) is 2.05. The van der Waals surface area contributed by atoms with Crippen LogP contribution in [0.2, 0.25) is 0 Å². The first-order valence-corrected chi connectivity index (χ1v) is 5.57. The van der Waals surface area contributed by atoms with Gasteiger partial charge in [-0.25, -0.2) is 18.0 Å². The van der Waals surface area contributed by atoms with E-state index >= 15 is 0 Å². The van der Waals surface area contributed by atoms with Gasteiger partial charge in [0.1, 0.15) is 12.4 Å². The molecule has 1 fully saturated rings. The molecule has 2 unspecified atom stereocenters. The molecular formula is C12H10F3NO4. The van der Waals surface area contributed by atoms with E-state index in [0.29, 0.717) is 12.1 Å². The Labute approximate surface area is 111 Å². The Bertz CT molecular complexity index is 578. The number of hydrogen-bond acceptors (Lipinski definition) is 3. The Kier molecular flexibility index (Phi) is 3.67. The van der Waals surface area contributed by atoms with E-state index in [1.54, 1.807) is 0 Å². The lowest BCUT2D eigenvalue weighted by Gasteiger charge is -2.37. The number of carbonyl (C=O) groups is 2. The predicted octanol–water partition coefficient (Wildman–Crippen LogP) is 1.09. The number of rotatable bonds is 2. The normalized spacial score (nSPS) is 23.0. The van der Waals surface area contributed by atoms with E-state index in [4.69, 9.17) is 9.84 Å². The number of aliphatic carboxylic acids is 1. The van der Waals surface area contributed by atoms with E-state index in [9.17, 15) is 22.8 Å². The van der Waals surface area contributed by atoms with Gasteiger partial charge in [0, 0.05) is 18.7 Å². The zero-order valence-electron chi connectivity index (χ0n) is 10.3. The molecule has 1 aliphatic rings. The van der Waals surface area contributed by atoms with Crippen molar-refractivity contribution in [1.29, 1.82) is 0 Å². The molecule has 0 spiro atoms. The lowest BCUT2D eigenvalue weighted by Crippen LogP contribution is -2.50. The summed E-state index contributed by atoms with van der Waals surface area (Å²) < 4.78 is 44.7. The molecule has 0 aliphatic carbocycles. The number of carbonyl (C=O) groups excluding carboxylic acids is 1. The van der Waals surface area contributed by atoms with Crippen LogP contribution in [0.1, 0.15) is 11.6 Å². The monoisotopic (exact) mass is 289 g/mol. The first-order chi connectivity index (χ1) is 9.32. The SMILES string of the molecule is CN1C(=O)COC(C(=O)O)C1c1cc(F)c(F)cc1F. The van der Waals surface area contributed by atoms with Gasteiger partial charge in [-0.3, -0.25) is 4.79 Å². The van der Waals surface area contributed by atoms with Crippen LogP contribution in [0.15, 0.2) is 12.1 Å². The molecule has 20 heavy (non-hydrogen) atoms. The van der Waals surface area contributed by atoms with Crippen LogP contribution in [0.25, 0.3) is 0 Å². The summed E-state index contributed by atoms with van der Waals surface area (Å²) in [7, 11) is 1.24. The number of carboxylic acid groups (broad SMARTS) is 1. The van der Waals surface area contributed by atoms with Crippen LogP contribution in [-0.4, -0.2) is 41.6 Å². The molecule has 1 saturated heterocycles. The van der Waals surface area contributed by atoms with Crippen molar-refractivity contribution in [2.24, 2.45) is 0 Å². The first kappa shape index (κ1) is 14.3. The van der Waals surface area contributed by atoms with Crippen LogP contribution in [0.4, 0.5) is 13.2 Å². The molecule has 0 radical (unpaired) electrons. The number of carboxylic acids is 1. The zero-order valence-corrected chi connectivity index (χ0v) is 10.3. The minimum atomic E-state index is -1.56. The highest BCUT2D eigenvalue weighted by Crippen LogP contribution is 2.32. The number of halogens is 3. The molecule has 0 bridgehead atoms. The highest BCUT2D eigenvalue weighted by Gasteiger charge is 2.41. The van der Waals surface area contributed by atoms with E-state index in [1.807, 2.05) is 0 Å². The van der Waals surface area contributed by atoms with Gasteiger partial charge in [-0.15, -0.1) is 0 Å². The van der Waals surface area contributed by atoms with E-state index in [1.165, 1.54) is 7.05 Å². The fourth-order valence-corrected chi connectivity index (χ4v) is 2.05. The van der Waals surface area contributed by atoms with Crippen molar-refractivity contribution in [3.63, 3.8) is 0 Å². The largest absolute Gasteiger partial charge is 0.479 e. The quantitative estimate of drug-likeness (QED) is 0.828. The van der Waals surface area contributed by atoms with Gasteiger partial charge in [0.2, 0.25) is 5.91 Å². The summed E-state index contributed by atoms with van der Waals surface area (Å²) in [5.74, 6) is -5.90. The van der Waals surface area contributed by atoms with Crippen molar-refractivity contribution in [3.8, 4) is 0 Å². The lowest BCUT2D eigenvalue weighted by atomic mass is 9.97. The molecular weight excluding hydrogens is 279 g/mol. The molecule has 1 N–H and O–H groups in total. The topological polar surface area (TPSA) is 66.8 Å². The van der Waals surface area contributed by atoms with Gasteiger partial charge < -0.3 is 14.7 Å². The number of ether oxygens (including phenoxy) is 1. The molecule has 1 aliphatic heterocycles. The van der Waals surface area contributed by atoms with Crippen LogP contribution in [-0.2, 0) is 14.3 Å². The Morgan fingerprint density at radius 3 is 2.50 bits per heavy atom. The maximum absolute atomic E-state index is 13.8. The Balaban J connectivity index is 2.53. The van der Waals surface area contributed by atoms with Crippen molar-refractivity contribution >= 4 is 11.9 Å². The molecule has 108 valence electrons. The molecule has 0 aromatic heterocycles. The van der Waals surface area contributed by atoms with Crippen molar-refractivity contribution < 1.29 is 32.6 Å². The molecule has 8 heteroatoms. The Morgan fingerprint density at radius 1 is 1.30 bits per heavy atom. The average Bonchev–Trinajstić information content (AvgIpc) is 2.37.